The second kappa shape index (κ2) is 7.06. The van der Waals surface area contributed by atoms with Crippen molar-refractivity contribution in [2.24, 2.45) is 0 Å². The molecule has 0 aliphatic rings. The third-order valence-electron chi connectivity index (χ3n) is 1.21. The van der Waals surface area contributed by atoms with Gasteiger partial charge < -0.3 is 0 Å². The SMILES string of the molecule is C[CH2][AlH][CH2]C[CH2][AlH2]. The molecule has 0 aromatic heterocycles. The Morgan fingerprint density at radius 2 is 2.29 bits per heavy atom. The van der Waals surface area contributed by atoms with Crippen LogP contribution in [0.1, 0.15) is 13.3 Å². The highest BCUT2D eigenvalue weighted by Crippen LogP contribution is 1.93. The van der Waals surface area contributed by atoms with Crippen molar-refractivity contribution in [2.75, 3.05) is 0 Å². The minimum absolute atomic E-state index is 0.433. The van der Waals surface area contributed by atoms with Crippen LogP contribution in [0.25, 0.3) is 0 Å². The molecule has 0 aliphatic heterocycles. The van der Waals surface area contributed by atoms with Crippen LogP contribution in [-0.2, 0) is 0 Å². The summed E-state index contributed by atoms with van der Waals surface area (Å²) in [6.45, 7) is 2.32. The highest BCUT2D eigenvalue weighted by molar-refractivity contribution is 6.35. The maximum atomic E-state index is 2.32. The summed E-state index contributed by atoms with van der Waals surface area (Å²) in [5.41, 5.74) is 0. The van der Waals surface area contributed by atoms with Crippen molar-refractivity contribution in [1.29, 1.82) is 0 Å². The van der Waals surface area contributed by atoms with Gasteiger partial charge in [0.2, 0.25) is 31.5 Å². The molecule has 0 aliphatic carbocycles. The molecule has 0 fully saturated rings. The lowest BCUT2D eigenvalue weighted by molar-refractivity contribution is 1.06. The molecule has 0 atom stereocenters. The molecule has 0 rings (SSSR count). The number of hydrogen-bond donors (Lipinski definition) is 0. The topological polar surface area (TPSA) is 0 Å². The molecule has 0 amide bonds. The van der Waals surface area contributed by atoms with Crippen molar-refractivity contribution in [3.8, 4) is 0 Å². The maximum absolute atomic E-state index is 2.32. The van der Waals surface area contributed by atoms with Crippen molar-refractivity contribution in [1.82, 2.24) is 0 Å². The van der Waals surface area contributed by atoms with E-state index in [4.69, 9.17) is 0 Å². The van der Waals surface area contributed by atoms with Gasteiger partial charge in [-0.3, -0.25) is 0 Å². The smallest absolute Gasteiger partial charge is 0.102 e. The summed E-state index contributed by atoms with van der Waals surface area (Å²) in [7, 11) is 0. The van der Waals surface area contributed by atoms with Gasteiger partial charge >= 0.3 is 0 Å². The van der Waals surface area contributed by atoms with E-state index in [-0.39, 0.29) is 0 Å². The van der Waals surface area contributed by atoms with Crippen LogP contribution >= 0.6 is 0 Å². The monoisotopic (exact) mass is 128 g/mol. The van der Waals surface area contributed by atoms with Gasteiger partial charge in [0.15, 0.2) is 0 Å². The first kappa shape index (κ1) is 8.06. The summed E-state index contributed by atoms with van der Waals surface area (Å²) in [4.78, 5) is 0. The Labute approximate surface area is 60.8 Å². The van der Waals surface area contributed by atoms with Gasteiger partial charge in [-0.25, -0.2) is 0 Å². The van der Waals surface area contributed by atoms with Crippen molar-refractivity contribution in [3.05, 3.63) is 0 Å². The lowest BCUT2D eigenvalue weighted by atomic mass is 10.6. The summed E-state index contributed by atoms with van der Waals surface area (Å²) < 4.78 is 0. The standard InChI is InChI=1S/C3H6.C2H5.2Al.3H/c1-3-2;1-2;;;;;/h1-3H2;1H2,2H3;;;;;. The van der Waals surface area contributed by atoms with Crippen molar-refractivity contribution in [3.63, 3.8) is 0 Å². The van der Waals surface area contributed by atoms with Gasteiger partial charge in [-0.15, -0.1) is 10.6 Å². The van der Waals surface area contributed by atoms with E-state index in [1.807, 2.05) is 0 Å². The minimum atomic E-state index is 0.433. The van der Waals surface area contributed by atoms with Gasteiger partial charge in [-0.1, -0.05) is 18.6 Å². The molecule has 40 valence electrons. The zero-order valence-electron chi connectivity index (χ0n) is 5.54. The Hall–Kier alpha value is 1.06. The van der Waals surface area contributed by atoms with Gasteiger partial charge in [0.05, 0.1) is 0 Å². The average molecular weight is 128 g/mol. The van der Waals surface area contributed by atoms with Crippen LogP contribution in [0.3, 0.4) is 0 Å². The van der Waals surface area contributed by atoms with Gasteiger partial charge in [0, 0.05) is 0 Å². The fraction of sp³-hybridized carbons (Fsp3) is 1.00. The third kappa shape index (κ3) is 7.06. The highest BCUT2D eigenvalue weighted by atomic mass is 27.1. The lowest BCUT2D eigenvalue weighted by Crippen LogP contribution is -1.83. The first-order valence-electron chi connectivity index (χ1n) is 3.41. The normalized spacial score (nSPS) is 8.71. The van der Waals surface area contributed by atoms with Gasteiger partial charge in [0.25, 0.3) is 0 Å². The van der Waals surface area contributed by atoms with Crippen LogP contribution in [0, 0.1) is 0 Å². The van der Waals surface area contributed by atoms with Gasteiger partial charge in [-0.2, -0.15) is 0 Å². The van der Waals surface area contributed by atoms with Gasteiger partial charge in [0.1, 0.15) is 0 Å². The Kier molecular flexibility index (Phi) is 8.14. The molecule has 0 unspecified atom stereocenters. The predicted octanol–water partition coefficient (Wildman–Crippen LogP) is 0.721. The van der Waals surface area contributed by atoms with Crippen molar-refractivity contribution in [2.45, 2.75) is 29.2 Å². The van der Waals surface area contributed by atoms with Crippen LogP contribution in [0.15, 0.2) is 0 Å². The molecule has 0 saturated carbocycles. The quantitative estimate of drug-likeness (QED) is 0.386. The summed E-state index contributed by atoms with van der Waals surface area (Å²) in [5, 5.41) is 4.66. The predicted molar refractivity (Wildman–Crippen MR) is 40.4 cm³/mol. The van der Waals surface area contributed by atoms with E-state index >= 15 is 0 Å². The Bertz CT molecular complexity index is 25.3. The molecule has 0 aromatic rings. The van der Waals surface area contributed by atoms with Gasteiger partial charge in [-0.05, 0) is 0 Å². The average Bonchev–Trinajstić information content (AvgIpc) is 1.69. The zero-order chi connectivity index (χ0) is 5.54. The fourth-order valence-corrected chi connectivity index (χ4v) is 3.53. The molecule has 0 spiro atoms. The highest BCUT2D eigenvalue weighted by Gasteiger charge is 1.85. The molecule has 0 radical (unpaired) electrons. The molecule has 7 heavy (non-hydrogen) atoms. The number of hydrogen-bond acceptors (Lipinski definition) is 0. The molecule has 0 nitrogen and oxygen atoms in total. The molecular weight excluding hydrogens is 114 g/mol. The molecule has 0 saturated heterocycles. The Morgan fingerprint density at radius 3 is 2.71 bits per heavy atom. The molecule has 0 N–H and O–H groups in total. The minimum Gasteiger partial charge on any atom is -0.102 e. The first-order chi connectivity index (χ1) is 3.41. The van der Waals surface area contributed by atoms with E-state index < -0.39 is 0 Å². The largest absolute Gasteiger partial charge is 0.236 e. The van der Waals surface area contributed by atoms with E-state index in [2.05, 4.69) is 6.92 Å². The Balaban J connectivity index is 2.45. The molecule has 0 bridgehead atoms. The fourth-order valence-electron chi connectivity index (χ4n) is 0.677. The summed E-state index contributed by atoms with van der Waals surface area (Å²) in [6, 6.07) is 0. The number of rotatable bonds is 4. The van der Waals surface area contributed by atoms with E-state index in [1.165, 1.54) is 26.9 Å². The second-order valence-corrected chi connectivity index (χ2v) is 5.47. The third-order valence-corrected chi connectivity index (χ3v) is 3.62. The summed E-state index contributed by atoms with van der Waals surface area (Å²) in [5.74, 6) is 0. The lowest BCUT2D eigenvalue weighted by Gasteiger charge is -1.87. The molecular formula is C5H14Al2. The van der Waals surface area contributed by atoms with Crippen LogP contribution in [0.2, 0.25) is 15.8 Å². The van der Waals surface area contributed by atoms with E-state index in [0.717, 1.165) is 0 Å². The van der Waals surface area contributed by atoms with E-state index in [9.17, 15) is 0 Å². The second-order valence-electron chi connectivity index (χ2n) is 2.06. The van der Waals surface area contributed by atoms with Crippen LogP contribution in [0.4, 0.5) is 0 Å². The molecule has 0 aromatic carbocycles. The Morgan fingerprint density at radius 1 is 1.57 bits per heavy atom. The van der Waals surface area contributed by atoms with E-state index in [0.29, 0.717) is 15.2 Å². The van der Waals surface area contributed by atoms with E-state index in [1.54, 1.807) is 11.7 Å². The maximum Gasteiger partial charge on any atom is 0.236 e. The van der Waals surface area contributed by atoms with Crippen molar-refractivity contribution >= 4 is 31.5 Å². The van der Waals surface area contributed by atoms with Crippen LogP contribution < -0.4 is 0 Å². The summed E-state index contributed by atoms with van der Waals surface area (Å²) in [6.07, 6.45) is 1.55. The molecule has 0 heterocycles. The first-order valence-corrected chi connectivity index (χ1v) is 6.83. The zero-order valence-corrected chi connectivity index (χ0v) is 8.95. The summed E-state index contributed by atoms with van der Waals surface area (Å²) >= 11 is 1.86. The molecule has 2 heteroatoms. The van der Waals surface area contributed by atoms with Crippen LogP contribution in [0.5, 0.6) is 0 Å². The van der Waals surface area contributed by atoms with Crippen LogP contribution in [-0.4, -0.2) is 31.5 Å². The van der Waals surface area contributed by atoms with Crippen molar-refractivity contribution < 1.29 is 0 Å².